The second kappa shape index (κ2) is 4.66. The molecule has 6 heteroatoms. The fraction of sp³-hybridized carbons (Fsp3) is 0. The van der Waals surface area contributed by atoms with Gasteiger partial charge in [-0.3, -0.25) is 0 Å². The third kappa shape index (κ3) is 2.38. The summed E-state index contributed by atoms with van der Waals surface area (Å²) in [5.74, 6) is -1.03. The van der Waals surface area contributed by atoms with Crippen LogP contribution < -0.4 is 5.32 Å². The van der Waals surface area contributed by atoms with Gasteiger partial charge in [0, 0.05) is 5.69 Å². The number of nitrogens with zero attached hydrogens (tertiary/aromatic N) is 2. The van der Waals surface area contributed by atoms with Crippen LogP contribution in [0.3, 0.4) is 0 Å². The highest BCUT2D eigenvalue weighted by Crippen LogP contribution is 2.24. The smallest absolute Gasteiger partial charge is 0.354 e. The Morgan fingerprint density at radius 1 is 1.16 bits per heavy atom. The molecule has 0 fully saturated rings. The zero-order valence-corrected chi connectivity index (χ0v) is 10.5. The van der Waals surface area contributed by atoms with Gasteiger partial charge in [-0.25, -0.2) is 14.8 Å². The van der Waals surface area contributed by atoms with Crippen LogP contribution in [0.5, 0.6) is 0 Å². The lowest BCUT2D eigenvalue weighted by Crippen LogP contribution is -2.00. The van der Waals surface area contributed by atoms with E-state index in [0.29, 0.717) is 0 Å². The predicted octanol–water partition coefficient (Wildman–Crippen LogP) is 3.13. The summed E-state index contributed by atoms with van der Waals surface area (Å²) in [5, 5.41) is 11.9. The molecule has 0 amide bonds. The number of carboxylic acid groups (broad SMARTS) is 1. The van der Waals surface area contributed by atoms with Gasteiger partial charge in [0.2, 0.25) is 0 Å². The van der Waals surface area contributed by atoms with Crippen molar-refractivity contribution in [1.82, 2.24) is 9.97 Å². The fourth-order valence-electron chi connectivity index (χ4n) is 1.69. The molecule has 2 heterocycles. The summed E-state index contributed by atoms with van der Waals surface area (Å²) < 4.78 is 1.10. The van der Waals surface area contributed by atoms with Crippen LogP contribution >= 0.6 is 11.3 Å². The molecule has 0 saturated carbocycles. The summed E-state index contributed by atoms with van der Waals surface area (Å²) in [6.07, 6.45) is 1.50. The van der Waals surface area contributed by atoms with Crippen molar-refractivity contribution in [2.24, 2.45) is 0 Å². The third-order valence-corrected chi connectivity index (χ3v) is 3.39. The van der Waals surface area contributed by atoms with Gasteiger partial charge < -0.3 is 10.4 Å². The van der Waals surface area contributed by atoms with Crippen molar-refractivity contribution in [2.45, 2.75) is 0 Å². The van der Waals surface area contributed by atoms with E-state index in [-0.39, 0.29) is 5.69 Å². The number of hydrogen-bond donors (Lipinski definition) is 2. The van der Waals surface area contributed by atoms with E-state index >= 15 is 0 Å². The summed E-state index contributed by atoms with van der Waals surface area (Å²) in [4.78, 5) is 18.8. The molecule has 1 aromatic carbocycles. The quantitative estimate of drug-likeness (QED) is 0.765. The van der Waals surface area contributed by atoms with Crippen LogP contribution in [0.1, 0.15) is 10.5 Å². The molecule has 0 bridgehead atoms. The Bertz CT molecular complexity index is 737. The lowest BCUT2D eigenvalue weighted by Gasteiger charge is -2.06. The number of thiazole rings is 1. The van der Waals surface area contributed by atoms with Crippen molar-refractivity contribution < 1.29 is 9.90 Å². The highest BCUT2D eigenvalue weighted by Gasteiger charge is 2.04. The molecule has 94 valence electrons. The number of nitrogens with one attached hydrogen (secondary N) is 1. The first-order valence-electron chi connectivity index (χ1n) is 5.52. The minimum Gasteiger partial charge on any atom is -0.477 e. The van der Waals surface area contributed by atoms with Gasteiger partial charge >= 0.3 is 5.97 Å². The lowest BCUT2D eigenvalue weighted by molar-refractivity contribution is 0.0690. The summed E-state index contributed by atoms with van der Waals surface area (Å²) in [5.41, 5.74) is 4.46. The molecule has 0 aliphatic rings. The average Bonchev–Trinajstić information content (AvgIpc) is 2.87. The minimum absolute atomic E-state index is 0.0310. The van der Waals surface area contributed by atoms with E-state index in [4.69, 9.17) is 5.11 Å². The van der Waals surface area contributed by atoms with Crippen LogP contribution in [0, 0.1) is 0 Å². The number of aromatic carboxylic acids is 1. The molecule has 3 rings (SSSR count). The zero-order valence-electron chi connectivity index (χ0n) is 9.70. The standard InChI is InChI=1S/C13H9N3O2S/c17-13(18)11-4-2-9(6-14-11)16-8-1-3-10-12(5-8)19-7-15-10/h1-7,16H,(H,17,18). The Morgan fingerprint density at radius 2 is 2.00 bits per heavy atom. The van der Waals surface area contributed by atoms with Gasteiger partial charge in [0.15, 0.2) is 0 Å². The topological polar surface area (TPSA) is 75.1 Å². The molecule has 19 heavy (non-hydrogen) atoms. The Morgan fingerprint density at radius 3 is 2.74 bits per heavy atom. The molecule has 0 atom stereocenters. The number of carboxylic acids is 1. The molecule has 0 aliphatic heterocycles. The minimum atomic E-state index is -1.03. The maximum Gasteiger partial charge on any atom is 0.354 e. The van der Waals surface area contributed by atoms with Crippen LogP contribution in [-0.4, -0.2) is 21.0 Å². The normalized spacial score (nSPS) is 10.5. The number of pyridine rings is 1. The number of fused-ring (bicyclic) bond motifs is 1. The molecule has 0 spiro atoms. The van der Waals surface area contributed by atoms with E-state index in [1.807, 2.05) is 18.2 Å². The van der Waals surface area contributed by atoms with Crippen LogP contribution in [0.25, 0.3) is 10.2 Å². The van der Waals surface area contributed by atoms with Crippen molar-refractivity contribution in [3.05, 3.63) is 47.7 Å². The number of aromatic nitrogens is 2. The first-order chi connectivity index (χ1) is 9.22. The molecular weight excluding hydrogens is 262 g/mol. The fourth-order valence-corrected chi connectivity index (χ4v) is 2.41. The van der Waals surface area contributed by atoms with Gasteiger partial charge in [-0.1, -0.05) is 0 Å². The van der Waals surface area contributed by atoms with Crippen molar-refractivity contribution >= 4 is 38.9 Å². The molecule has 0 unspecified atom stereocenters. The Labute approximate surface area is 112 Å². The van der Waals surface area contributed by atoms with Crippen LogP contribution in [0.4, 0.5) is 11.4 Å². The van der Waals surface area contributed by atoms with E-state index in [1.54, 1.807) is 22.9 Å². The predicted molar refractivity (Wildman–Crippen MR) is 74.1 cm³/mol. The first-order valence-corrected chi connectivity index (χ1v) is 6.40. The molecule has 0 saturated heterocycles. The molecule has 2 N–H and O–H groups in total. The molecule has 5 nitrogen and oxygen atoms in total. The summed E-state index contributed by atoms with van der Waals surface area (Å²) in [6.45, 7) is 0. The van der Waals surface area contributed by atoms with Crippen LogP contribution in [-0.2, 0) is 0 Å². The number of anilines is 2. The molecular formula is C13H9N3O2S. The van der Waals surface area contributed by atoms with Gasteiger partial charge in [-0.15, -0.1) is 11.3 Å². The van der Waals surface area contributed by atoms with E-state index in [0.717, 1.165) is 21.6 Å². The second-order valence-electron chi connectivity index (χ2n) is 3.90. The van der Waals surface area contributed by atoms with E-state index in [9.17, 15) is 4.79 Å². The summed E-state index contributed by atoms with van der Waals surface area (Å²) in [6, 6.07) is 9.02. The molecule has 3 aromatic rings. The van der Waals surface area contributed by atoms with E-state index in [1.165, 1.54) is 12.3 Å². The van der Waals surface area contributed by atoms with Crippen molar-refractivity contribution in [3.63, 3.8) is 0 Å². The molecule has 0 radical (unpaired) electrons. The van der Waals surface area contributed by atoms with E-state index in [2.05, 4.69) is 15.3 Å². The largest absolute Gasteiger partial charge is 0.477 e. The maximum atomic E-state index is 10.7. The zero-order chi connectivity index (χ0) is 13.2. The van der Waals surface area contributed by atoms with E-state index < -0.39 is 5.97 Å². The van der Waals surface area contributed by atoms with Gasteiger partial charge in [0.05, 0.1) is 27.6 Å². The van der Waals surface area contributed by atoms with Gasteiger partial charge in [-0.05, 0) is 30.3 Å². The van der Waals surface area contributed by atoms with Crippen LogP contribution in [0.15, 0.2) is 42.0 Å². The van der Waals surface area contributed by atoms with Crippen LogP contribution in [0.2, 0.25) is 0 Å². The number of hydrogen-bond acceptors (Lipinski definition) is 5. The van der Waals surface area contributed by atoms with Gasteiger partial charge in [-0.2, -0.15) is 0 Å². The summed E-state index contributed by atoms with van der Waals surface area (Å²) in [7, 11) is 0. The number of benzene rings is 1. The maximum absolute atomic E-state index is 10.7. The Kier molecular flexibility index (Phi) is 2.85. The lowest BCUT2D eigenvalue weighted by atomic mass is 10.2. The summed E-state index contributed by atoms with van der Waals surface area (Å²) >= 11 is 1.57. The Hall–Kier alpha value is -2.47. The second-order valence-corrected chi connectivity index (χ2v) is 4.78. The molecule has 0 aliphatic carbocycles. The highest BCUT2D eigenvalue weighted by molar-refractivity contribution is 7.16. The van der Waals surface area contributed by atoms with Gasteiger partial charge in [0.1, 0.15) is 5.69 Å². The number of rotatable bonds is 3. The van der Waals surface area contributed by atoms with Crippen molar-refractivity contribution in [2.75, 3.05) is 5.32 Å². The number of carbonyl (C=O) groups is 1. The van der Waals surface area contributed by atoms with Crippen molar-refractivity contribution in [3.8, 4) is 0 Å². The highest BCUT2D eigenvalue weighted by atomic mass is 32.1. The third-order valence-electron chi connectivity index (χ3n) is 2.60. The average molecular weight is 271 g/mol. The SMILES string of the molecule is O=C(O)c1ccc(Nc2ccc3ncsc3c2)cn1. The molecule has 2 aromatic heterocycles. The monoisotopic (exact) mass is 271 g/mol. The van der Waals surface area contributed by atoms with Crippen molar-refractivity contribution in [1.29, 1.82) is 0 Å². The Balaban J connectivity index is 1.85. The van der Waals surface area contributed by atoms with Gasteiger partial charge in [0.25, 0.3) is 0 Å². The first kappa shape index (κ1) is 11.6.